The molecule has 0 bridgehead atoms. The molecule has 62 heavy (non-hydrogen) atoms. The molecule has 2 saturated heterocycles. The summed E-state index contributed by atoms with van der Waals surface area (Å²) in [6.45, 7) is 0. The zero-order valence-corrected chi connectivity index (χ0v) is 36.1. The van der Waals surface area contributed by atoms with Gasteiger partial charge in [-0.2, -0.15) is 0 Å². The number of ether oxygens (including phenoxy) is 2. The topological polar surface area (TPSA) is 55.4 Å². The molecule has 0 amide bonds. The normalized spacial score (nSPS) is 20.8. The minimum absolute atomic E-state index is 0.381. The first-order chi connectivity index (χ1) is 30.7. The number of methoxy groups -OCH3 is 2. The molecule has 4 unspecified atom stereocenters. The number of hydrogen-bond donors (Lipinski definition) is 0. The van der Waals surface area contributed by atoms with Crippen molar-refractivity contribution in [2.45, 2.75) is 24.4 Å². The van der Waals surface area contributed by atoms with Crippen LogP contribution in [-0.2, 0) is 18.1 Å². The monoisotopic (exact) mass is 850 g/mol. The van der Waals surface area contributed by atoms with E-state index in [2.05, 4.69) is 158 Å². The highest BCUT2D eigenvalue weighted by atomic mass is 31.2. The zero-order chi connectivity index (χ0) is 41.8. The summed E-state index contributed by atoms with van der Waals surface area (Å²) in [5.41, 5.74) is 9.74. The van der Waals surface area contributed by atoms with E-state index < -0.39 is 16.8 Å². The summed E-state index contributed by atoms with van der Waals surface area (Å²) in [6.07, 6.45) is -1.52. The van der Waals surface area contributed by atoms with Crippen molar-refractivity contribution in [1.29, 1.82) is 0 Å². The molecule has 0 aromatic heterocycles. The molecule has 6 nitrogen and oxygen atoms in total. The average molecular weight is 851 g/mol. The third kappa shape index (κ3) is 7.76. The van der Waals surface area contributed by atoms with Gasteiger partial charge in [0.15, 0.2) is 0 Å². The van der Waals surface area contributed by atoms with E-state index in [9.17, 15) is 0 Å². The van der Waals surface area contributed by atoms with Gasteiger partial charge in [-0.25, -0.2) is 0 Å². The fraction of sp³-hybridized carbons (Fsp3) is 0.111. The molecule has 10 rings (SSSR count). The molecule has 0 radical (unpaired) electrons. The Hall–Kier alpha value is -5.94. The van der Waals surface area contributed by atoms with Crippen LogP contribution in [0.25, 0.3) is 33.4 Å². The SMILES string of the molecule is COc1ccc(-c2ccccc2)c(P2OC(c3ccccc3)C(c3ccccc3)O2)c1-c1c(OC)ccc(-c2ccccc2)c1P1OC(c2ccccc2)C(c2ccccc2)O1. The Morgan fingerprint density at radius 1 is 0.323 bits per heavy atom. The fourth-order valence-corrected chi connectivity index (χ4v) is 12.3. The van der Waals surface area contributed by atoms with E-state index in [0.29, 0.717) is 11.5 Å². The molecule has 2 fully saturated rings. The van der Waals surface area contributed by atoms with Crippen LogP contribution in [0.5, 0.6) is 11.5 Å². The molecule has 2 aliphatic heterocycles. The summed E-state index contributed by atoms with van der Waals surface area (Å²) in [4.78, 5) is 0. The minimum Gasteiger partial charge on any atom is -0.496 e. The number of hydrogen-bond acceptors (Lipinski definition) is 6. The average Bonchev–Trinajstić information content (AvgIpc) is 4.01. The minimum atomic E-state index is -1.78. The molecule has 8 heteroatoms. The molecule has 0 N–H and O–H groups in total. The Kier molecular flexibility index (Phi) is 11.8. The van der Waals surface area contributed by atoms with Crippen LogP contribution in [0.3, 0.4) is 0 Å². The summed E-state index contributed by atoms with van der Waals surface area (Å²) < 4.78 is 42.1. The first kappa shape index (κ1) is 40.2. The van der Waals surface area contributed by atoms with Gasteiger partial charge in [0.2, 0.25) is 16.8 Å². The predicted octanol–water partition coefficient (Wildman–Crippen LogP) is 13.6. The number of benzene rings is 8. The van der Waals surface area contributed by atoms with Crippen molar-refractivity contribution in [3.63, 3.8) is 0 Å². The Morgan fingerprint density at radius 2 is 0.581 bits per heavy atom. The Bertz CT molecular complexity index is 2460. The van der Waals surface area contributed by atoms with Crippen molar-refractivity contribution in [2.75, 3.05) is 14.2 Å². The van der Waals surface area contributed by atoms with E-state index in [4.69, 9.17) is 27.6 Å². The highest BCUT2D eigenvalue weighted by Gasteiger charge is 2.46. The van der Waals surface area contributed by atoms with Gasteiger partial charge in [0.25, 0.3) is 0 Å². The molecule has 0 spiro atoms. The summed E-state index contributed by atoms with van der Waals surface area (Å²) in [5.74, 6) is 1.29. The summed E-state index contributed by atoms with van der Waals surface area (Å²) in [6, 6.07) is 70.6. The van der Waals surface area contributed by atoms with Crippen molar-refractivity contribution in [1.82, 2.24) is 0 Å². The summed E-state index contributed by atoms with van der Waals surface area (Å²) in [5, 5.41) is 1.76. The first-order valence-electron chi connectivity index (χ1n) is 20.7. The lowest BCUT2D eigenvalue weighted by Gasteiger charge is -2.27. The van der Waals surface area contributed by atoms with E-state index in [0.717, 1.165) is 66.2 Å². The molecule has 0 aliphatic carbocycles. The van der Waals surface area contributed by atoms with Gasteiger partial charge in [-0.1, -0.05) is 182 Å². The molecule has 2 heterocycles. The van der Waals surface area contributed by atoms with E-state index in [-0.39, 0.29) is 24.4 Å². The maximum absolute atomic E-state index is 7.32. The lowest BCUT2D eigenvalue weighted by atomic mass is 9.94. The molecule has 8 aromatic carbocycles. The highest BCUT2D eigenvalue weighted by Crippen LogP contribution is 2.65. The Balaban J connectivity index is 1.24. The molecule has 0 saturated carbocycles. The largest absolute Gasteiger partial charge is 0.496 e. The van der Waals surface area contributed by atoms with Crippen LogP contribution in [-0.4, -0.2) is 14.2 Å². The van der Waals surface area contributed by atoms with Gasteiger partial charge >= 0.3 is 0 Å². The van der Waals surface area contributed by atoms with Crippen molar-refractivity contribution < 1.29 is 27.6 Å². The lowest BCUT2D eigenvalue weighted by Crippen LogP contribution is -2.18. The van der Waals surface area contributed by atoms with Crippen LogP contribution in [0.1, 0.15) is 46.7 Å². The van der Waals surface area contributed by atoms with E-state index in [1.54, 1.807) is 14.2 Å². The molecular formula is C54H44O6P2. The first-order valence-corrected chi connectivity index (χ1v) is 23.1. The van der Waals surface area contributed by atoms with Gasteiger partial charge < -0.3 is 27.6 Å². The zero-order valence-electron chi connectivity index (χ0n) is 34.3. The predicted molar refractivity (Wildman–Crippen MR) is 250 cm³/mol. The standard InChI is InChI=1S/C54H44O6P2/c1-55-45-35-33-43(37-21-9-3-10-22-37)53(61-57-49(39-25-13-5-14-26-39)50(58-61)40-27-15-6-16-28-40)47(45)48-46(56-2)36-34-44(38-23-11-4-12-24-38)54(48)62-59-51(41-29-17-7-18-30-41)52(60-62)42-31-19-8-20-32-42/h3-36,49-52H,1-2H3. The molecule has 2 aliphatic rings. The van der Waals surface area contributed by atoms with Gasteiger partial charge in [0, 0.05) is 21.7 Å². The lowest BCUT2D eigenvalue weighted by molar-refractivity contribution is 0.159. The molecular weight excluding hydrogens is 807 g/mol. The van der Waals surface area contributed by atoms with E-state index in [1.807, 2.05) is 48.5 Å². The number of rotatable bonds is 11. The second-order valence-corrected chi connectivity index (χ2v) is 17.8. The maximum atomic E-state index is 7.32. The van der Waals surface area contributed by atoms with Crippen molar-refractivity contribution >= 4 is 27.4 Å². The van der Waals surface area contributed by atoms with Gasteiger partial charge in [0.1, 0.15) is 35.9 Å². The van der Waals surface area contributed by atoms with Crippen molar-refractivity contribution in [3.05, 3.63) is 229 Å². The van der Waals surface area contributed by atoms with E-state index in [1.165, 1.54) is 0 Å². The smallest absolute Gasteiger partial charge is 0.208 e. The van der Waals surface area contributed by atoms with Crippen LogP contribution in [0.15, 0.2) is 206 Å². The third-order valence-corrected chi connectivity index (χ3v) is 14.7. The molecule has 8 aromatic rings. The van der Waals surface area contributed by atoms with Gasteiger partial charge in [0.05, 0.1) is 14.2 Å². The summed E-state index contributed by atoms with van der Waals surface area (Å²) in [7, 11) is -0.137. The molecule has 306 valence electrons. The van der Waals surface area contributed by atoms with Crippen LogP contribution >= 0.6 is 16.8 Å². The Labute approximate surface area is 365 Å². The van der Waals surface area contributed by atoms with Crippen LogP contribution in [0, 0.1) is 0 Å². The Morgan fingerprint density at radius 3 is 0.839 bits per heavy atom. The fourth-order valence-electron chi connectivity index (χ4n) is 8.46. The summed E-state index contributed by atoms with van der Waals surface area (Å²) >= 11 is 0. The van der Waals surface area contributed by atoms with Crippen LogP contribution in [0.2, 0.25) is 0 Å². The highest BCUT2D eigenvalue weighted by molar-refractivity contribution is 7.57. The van der Waals surface area contributed by atoms with Crippen molar-refractivity contribution in [3.8, 4) is 44.9 Å². The quantitative estimate of drug-likeness (QED) is 0.121. The third-order valence-electron chi connectivity index (χ3n) is 11.4. The second-order valence-electron chi connectivity index (χ2n) is 15.1. The van der Waals surface area contributed by atoms with Crippen LogP contribution < -0.4 is 20.1 Å². The second kappa shape index (κ2) is 18.2. The molecule has 4 atom stereocenters. The van der Waals surface area contributed by atoms with Gasteiger partial charge in [-0.3, -0.25) is 0 Å². The van der Waals surface area contributed by atoms with Crippen molar-refractivity contribution in [2.24, 2.45) is 0 Å². The van der Waals surface area contributed by atoms with Gasteiger partial charge in [-0.05, 0) is 68.8 Å². The van der Waals surface area contributed by atoms with Crippen LogP contribution in [0.4, 0.5) is 0 Å². The van der Waals surface area contributed by atoms with E-state index >= 15 is 0 Å². The van der Waals surface area contributed by atoms with Gasteiger partial charge in [-0.15, -0.1) is 0 Å². The maximum Gasteiger partial charge on any atom is 0.208 e.